The van der Waals surface area contributed by atoms with Gasteiger partial charge in [0.2, 0.25) is 0 Å². The summed E-state index contributed by atoms with van der Waals surface area (Å²) in [6, 6.07) is 17.6. The summed E-state index contributed by atoms with van der Waals surface area (Å²) in [5, 5.41) is 5.67. The molecule has 7 nitrogen and oxygen atoms in total. The van der Waals surface area contributed by atoms with Crippen LogP contribution in [-0.2, 0) is 4.79 Å². The van der Waals surface area contributed by atoms with Gasteiger partial charge in [0.25, 0.3) is 11.8 Å². The molecule has 0 fully saturated rings. The Morgan fingerprint density at radius 1 is 1.06 bits per heavy atom. The molecule has 0 aliphatic heterocycles. The molecule has 0 aliphatic rings. The second kappa shape index (κ2) is 10.8. The Morgan fingerprint density at radius 2 is 1.81 bits per heavy atom. The van der Waals surface area contributed by atoms with Gasteiger partial charge in [0, 0.05) is 16.7 Å². The van der Waals surface area contributed by atoms with Gasteiger partial charge >= 0.3 is 0 Å². The fourth-order valence-corrected chi connectivity index (χ4v) is 3.22. The number of carbonyl (C=O) groups excluding carboxylic acids is 2. The van der Waals surface area contributed by atoms with Crippen molar-refractivity contribution < 1.29 is 18.7 Å². The first-order valence-corrected chi connectivity index (χ1v) is 10.5. The minimum atomic E-state index is -0.317. The monoisotopic (exact) mass is 485 g/mol. The summed E-state index contributed by atoms with van der Waals surface area (Å²) in [6.45, 7) is 0.144. The van der Waals surface area contributed by atoms with Crippen molar-refractivity contribution in [1.82, 2.24) is 10.2 Å². The molecule has 31 heavy (non-hydrogen) atoms. The van der Waals surface area contributed by atoms with E-state index in [0.29, 0.717) is 23.5 Å². The Balaban J connectivity index is 1.59. The van der Waals surface area contributed by atoms with Crippen molar-refractivity contribution in [3.63, 3.8) is 0 Å². The highest BCUT2D eigenvalue weighted by Crippen LogP contribution is 2.21. The lowest BCUT2D eigenvalue weighted by Crippen LogP contribution is -2.34. The normalized spacial score (nSPS) is 11.7. The summed E-state index contributed by atoms with van der Waals surface area (Å²) >= 11 is 3.35. The third-order valence-corrected chi connectivity index (χ3v) is 5.10. The number of carbonyl (C=O) groups is 2. The number of benzene rings is 2. The number of nitrogens with zero attached hydrogens (tertiary/aromatic N) is 1. The van der Waals surface area contributed by atoms with Crippen molar-refractivity contribution in [2.75, 3.05) is 32.6 Å². The van der Waals surface area contributed by atoms with Crippen molar-refractivity contribution in [3.05, 3.63) is 82.7 Å². The van der Waals surface area contributed by atoms with E-state index in [1.165, 1.54) is 0 Å². The summed E-state index contributed by atoms with van der Waals surface area (Å²) in [6.07, 6.45) is 1.61. The van der Waals surface area contributed by atoms with Gasteiger partial charge < -0.3 is 19.8 Å². The molecule has 1 unspecified atom stereocenters. The molecule has 1 aromatic heterocycles. The molecule has 1 heterocycles. The Bertz CT molecular complexity index is 1000. The van der Waals surface area contributed by atoms with Crippen molar-refractivity contribution in [2.45, 2.75) is 6.04 Å². The van der Waals surface area contributed by atoms with Gasteiger partial charge in [0.1, 0.15) is 11.5 Å². The molecule has 3 rings (SSSR count). The largest absolute Gasteiger partial charge is 0.483 e. The average molecular weight is 486 g/mol. The van der Waals surface area contributed by atoms with E-state index < -0.39 is 0 Å². The number of hydrogen-bond donors (Lipinski definition) is 2. The molecule has 8 heteroatoms. The Morgan fingerprint density at radius 3 is 2.48 bits per heavy atom. The lowest BCUT2D eigenvalue weighted by Gasteiger charge is -2.22. The van der Waals surface area contributed by atoms with Gasteiger partial charge in [0.05, 0.1) is 17.9 Å². The topological polar surface area (TPSA) is 83.8 Å². The summed E-state index contributed by atoms with van der Waals surface area (Å²) in [5.74, 6) is 0.496. The summed E-state index contributed by atoms with van der Waals surface area (Å²) in [4.78, 5) is 27.0. The van der Waals surface area contributed by atoms with Crippen molar-refractivity contribution in [3.8, 4) is 5.75 Å². The summed E-state index contributed by atoms with van der Waals surface area (Å²) in [5.41, 5.74) is 1.02. The number of amides is 2. The predicted molar refractivity (Wildman–Crippen MR) is 122 cm³/mol. The Labute approximate surface area is 189 Å². The molecule has 2 amide bonds. The first-order valence-electron chi connectivity index (χ1n) is 9.69. The predicted octanol–water partition coefficient (Wildman–Crippen LogP) is 4.09. The molecule has 0 radical (unpaired) electrons. The number of ether oxygens (including phenoxy) is 1. The maximum Gasteiger partial charge on any atom is 0.262 e. The van der Waals surface area contributed by atoms with Gasteiger partial charge in [-0.25, -0.2) is 0 Å². The SMILES string of the molecule is CN(C)C(CNC(=O)c1ccccc1OCC(=O)Nc1ccc(Br)cc1)c1ccco1. The molecule has 0 aliphatic carbocycles. The number of likely N-dealkylation sites (N-methyl/N-ethyl adjacent to an activating group) is 1. The zero-order valence-corrected chi connectivity index (χ0v) is 18.9. The van der Waals surface area contributed by atoms with Crippen LogP contribution in [0.2, 0.25) is 0 Å². The molecule has 0 spiro atoms. The van der Waals surface area contributed by atoms with Gasteiger partial charge in [0.15, 0.2) is 6.61 Å². The van der Waals surface area contributed by atoms with Crippen LogP contribution in [0.5, 0.6) is 5.75 Å². The fourth-order valence-electron chi connectivity index (χ4n) is 2.96. The fraction of sp³-hybridized carbons (Fsp3) is 0.217. The van der Waals surface area contributed by atoms with E-state index in [0.717, 1.165) is 10.2 Å². The highest BCUT2D eigenvalue weighted by molar-refractivity contribution is 9.10. The van der Waals surface area contributed by atoms with Crippen molar-refractivity contribution in [1.29, 1.82) is 0 Å². The zero-order chi connectivity index (χ0) is 22.2. The number of hydrogen-bond acceptors (Lipinski definition) is 5. The molecule has 0 bridgehead atoms. The number of anilines is 1. The second-order valence-electron chi connectivity index (χ2n) is 7.04. The van der Waals surface area contributed by atoms with Crippen LogP contribution in [0.25, 0.3) is 0 Å². The smallest absolute Gasteiger partial charge is 0.262 e. The molecular weight excluding hydrogens is 462 g/mol. The van der Waals surface area contributed by atoms with Crippen LogP contribution in [-0.4, -0.2) is 44.0 Å². The standard InChI is InChI=1S/C23H24BrN3O4/c1-27(2)19(21-8-5-13-30-21)14-25-23(29)18-6-3-4-7-20(18)31-15-22(28)26-17-11-9-16(24)10-12-17/h3-13,19H,14-15H2,1-2H3,(H,25,29)(H,26,28). The highest BCUT2D eigenvalue weighted by Gasteiger charge is 2.20. The minimum Gasteiger partial charge on any atom is -0.483 e. The van der Waals surface area contributed by atoms with Crippen LogP contribution in [0.4, 0.5) is 5.69 Å². The quantitative estimate of drug-likeness (QED) is 0.476. The molecule has 3 aromatic rings. The van der Waals surface area contributed by atoms with Crippen LogP contribution in [0.1, 0.15) is 22.2 Å². The minimum absolute atomic E-state index is 0.108. The van der Waals surface area contributed by atoms with Gasteiger partial charge in [-0.3, -0.25) is 14.5 Å². The molecule has 162 valence electrons. The van der Waals surface area contributed by atoms with E-state index in [2.05, 4.69) is 26.6 Å². The molecule has 1 atom stereocenters. The van der Waals surface area contributed by atoms with Gasteiger partial charge in [-0.2, -0.15) is 0 Å². The highest BCUT2D eigenvalue weighted by atomic mass is 79.9. The second-order valence-corrected chi connectivity index (χ2v) is 7.96. The van der Waals surface area contributed by atoms with E-state index in [-0.39, 0.29) is 24.5 Å². The first-order chi connectivity index (χ1) is 14.9. The van der Waals surface area contributed by atoms with Crippen molar-refractivity contribution in [2.24, 2.45) is 0 Å². The summed E-state index contributed by atoms with van der Waals surface area (Å²) < 4.78 is 12.0. The van der Waals surface area contributed by atoms with Crippen LogP contribution < -0.4 is 15.4 Å². The lowest BCUT2D eigenvalue weighted by molar-refractivity contribution is -0.118. The van der Waals surface area contributed by atoms with E-state index in [1.54, 1.807) is 42.7 Å². The third-order valence-electron chi connectivity index (χ3n) is 4.57. The van der Waals surface area contributed by atoms with E-state index in [4.69, 9.17) is 9.15 Å². The van der Waals surface area contributed by atoms with E-state index in [9.17, 15) is 9.59 Å². The third kappa shape index (κ3) is 6.44. The molecule has 2 aromatic carbocycles. The van der Waals surface area contributed by atoms with Gasteiger partial charge in [-0.05, 0) is 62.6 Å². The van der Waals surface area contributed by atoms with E-state index in [1.807, 2.05) is 43.3 Å². The maximum atomic E-state index is 12.8. The van der Waals surface area contributed by atoms with Gasteiger partial charge in [-0.15, -0.1) is 0 Å². The summed E-state index contributed by atoms with van der Waals surface area (Å²) in [7, 11) is 3.83. The van der Waals surface area contributed by atoms with Crippen LogP contribution in [0.3, 0.4) is 0 Å². The van der Waals surface area contributed by atoms with Crippen LogP contribution in [0.15, 0.2) is 75.8 Å². The number of rotatable bonds is 9. The van der Waals surface area contributed by atoms with Crippen molar-refractivity contribution >= 4 is 33.4 Å². The van der Waals surface area contributed by atoms with E-state index >= 15 is 0 Å². The number of furan rings is 1. The van der Waals surface area contributed by atoms with Crippen LogP contribution in [0, 0.1) is 0 Å². The maximum absolute atomic E-state index is 12.8. The van der Waals surface area contributed by atoms with Crippen LogP contribution >= 0.6 is 15.9 Å². The zero-order valence-electron chi connectivity index (χ0n) is 17.3. The molecule has 0 saturated carbocycles. The molecule has 2 N–H and O–H groups in total. The van der Waals surface area contributed by atoms with Gasteiger partial charge in [-0.1, -0.05) is 28.1 Å². The number of nitrogens with one attached hydrogen (secondary N) is 2. The molecule has 0 saturated heterocycles. The Kier molecular flexibility index (Phi) is 7.86. The number of halogens is 1. The number of para-hydroxylation sites is 1. The Hall–Kier alpha value is -3.10. The molecular formula is C23H24BrN3O4. The average Bonchev–Trinajstić information content (AvgIpc) is 3.28. The lowest BCUT2D eigenvalue weighted by atomic mass is 10.1. The first kappa shape index (κ1) is 22.6.